The number of benzene rings is 1. The van der Waals surface area contributed by atoms with E-state index in [0.29, 0.717) is 23.1 Å². The molecule has 0 fully saturated rings. The van der Waals surface area contributed by atoms with Gasteiger partial charge >= 0.3 is 5.97 Å². The first-order valence-corrected chi connectivity index (χ1v) is 9.38. The quantitative estimate of drug-likeness (QED) is 0.689. The summed E-state index contributed by atoms with van der Waals surface area (Å²) < 4.78 is 16.2. The largest absolute Gasteiger partial charge is 0.497 e. The number of anilines is 1. The Balaban J connectivity index is 1.95. The first-order valence-electron chi connectivity index (χ1n) is 9.38. The number of rotatable bonds is 7. The fraction of sp³-hybridized carbons (Fsp3) is 0.409. The summed E-state index contributed by atoms with van der Waals surface area (Å²) in [6.07, 6.45) is 1.51. The number of hydrogen-bond acceptors (Lipinski definition) is 6. The maximum Gasteiger partial charge on any atom is 0.307 e. The molecule has 156 valence electrons. The number of pyridine rings is 1. The number of amides is 1. The van der Waals surface area contributed by atoms with Crippen LogP contribution in [0.5, 0.6) is 17.4 Å². The summed E-state index contributed by atoms with van der Waals surface area (Å²) in [6, 6.07) is 8.88. The van der Waals surface area contributed by atoms with Crippen molar-refractivity contribution in [2.45, 2.75) is 46.6 Å². The van der Waals surface area contributed by atoms with Gasteiger partial charge < -0.3 is 19.5 Å². The van der Waals surface area contributed by atoms with Gasteiger partial charge in [-0.15, -0.1) is 0 Å². The van der Waals surface area contributed by atoms with Crippen LogP contribution in [0.2, 0.25) is 0 Å². The molecule has 1 N–H and O–H groups in total. The van der Waals surface area contributed by atoms with Crippen molar-refractivity contribution < 1.29 is 23.8 Å². The van der Waals surface area contributed by atoms with Gasteiger partial charge in [0.15, 0.2) is 0 Å². The topological polar surface area (TPSA) is 86.8 Å². The molecule has 7 nitrogen and oxygen atoms in total. The van der Waals surface area contributed by atoms with Crippen LogP contribution in [0.15, 0.2) is 36.5 Å². The number of hydrogen-bond donors (Lipinski definition) is 1. The molecule has 2 aromatic rings. The number of carbonyl (C=O) groups excluding carboxylic acids is 2. The predicted octanol–water partition coefficient (Wildman–Crippen LogP) is 4.50. The number of carbonyl (C=O) groups is 2. The van der Waals surface area contributed by atoms with Crippen LogP contribution in [0.4, 0.5) is 5.69 Å². The lowest BCUT2D eigenvalue weighted by atomic mass is 10.1. The number of aryl methyl sites for hydroxylation is 1. The standard InChI is InChI=1S/C22H28N2O5/c1-14-7-9-17(27-6)12-18(14)28-19-10-8-16(13-23-19)24-21(26)15(2)11-20(25)29-22(3,4)5/h7-10,12-13,15H,11H2,1-6H3,(H,24,26)/t15-/m0/s1. The minimum atomic E-state index is -0.575. The van der Waals surface area contributed by atoms with Gasteiger partial charge in [-0.3, -0.25) is 9.59 Å². The fourth-order valence-corrected chi connectivity index (χ4v) is 2.44. The second-order valence-corrected chi connectivity index (χ2v) is 7.80. The van der Waals surface area contributed by atoms with Crippen LogP contribution >= 0.6 is 0 Å². The highest BCUT2D eigenvalue weighted by atomic mass is 16.6. The van der Waals surface area contributed by atoms with Crippen molar-refractivity contribution in [1.29, 1.82) is 0 Å². The first kappa shape index (κ1) is 22.2. The summed E-state index contributed by atoms with van der Waals surface area (Å²) >= 11 is 0. The number of aromatic nitrogens is 1. The molecule has 0 saturated heterocycles. The van der Waals surface area contributed by atoms with E-state index in [-0.39, 0.29) is 12.3 Å². The van der Waals surface area contributed by atoms with Gasteiger partial charge in [0, 0.05) is 18.1 Å². The van der Waals surface area contributed by atoms with E-state index < -0.39 is 17.5 Å². The van der Waals surface area contributed by atoms with Gasteiger partial charge in [-0.2, -0.15) is 0 Å². The molecule has 2 rings (SSSR count). The van der Waals surface area contributed by atoms with E-state index in [0.717, 1.165) is 5.56 Å². The summed E-state index contributed by atoms with van der Waals surface area (Å²) in [5.41, 5.74) is 0.885. The molecule has 1 heterocycles. The molecule has 0 unspecified atom stereocenters. The lowest BCUT2D eigenvalue weighted by Crippen LogP contribution is -2.28. The van der Waals surface area contributed by atoms with Crippen molar-refractivity contribution in [3.05, 3.63) is 42.1 Å². The van der Waals surface area contributed by atoms with Crippen LogP contribution in [-0.4, -0.2) is 29.6 Å². The normalized spacial score (nSPS) is 12.1. The molecule has 0 bridgehead atoms. The Labute approximate surface area is 171 Å². The minimum absolute atomic E-state index is 0.00679. The zero-order chi connectivity index (χ0) is 21.6. The highest BCUT2D eigenvalue weighted by molar-refractivity contribution is 5.94. The Morgan fingerprint density at radius 3 is 2.48 bits per heavy atom. The van der Waals surface area contributed by atoms with Crippen LogP contribution < -0.4 is 14.8 Å². The molecule has 1 aromatic heterocycles. The van der Waals surface area contributed by atoms with Crippen molar-refractivity contribution in [2.24, 2.45) is 5.92 Å². The minimum Gasteiger partial charge on any atom is -0.497 e. The Bertz CT molecular complexity index is 856. The van der Waals surface area contributed by atoms with Crippen molar-refractivity contribution in [2.75, 3.05) is 12.4 Å². The van der Waals surface area contributed by atoms with Crippen molar-refractivity contribution in [3.63, 3.8) is 0 Å². The summed E-state index contributed by atoms with van der Waals surface area (Å²) in [7, 11) is 1.59. The summed E-state index contributed by atoms with van der Waals surface area (Å²) in [4.78, 5) is 28.4. The number of nitrogens with zero attached hydrogens (tertiary/aromatic N) is 1. The lowest BCUT2D eigenvalue weighted by molar-refractivity contribution is -0.156. The number of ether oxygens (including phenoxy) is 3. The SMILES string of the molecule is COc1ccc(C)c(Oc2ccc(NC(=O)[C@@H](C)CC(=O)OC(C)(C)C)cn2)c1. The van der Waals surface area contributed by atoms with Gasteiger partial charge in [-0.1, -0.05) is 13.0 Å². The molecule has 0 aliphatic heterocycles. The summed E-state index contributed by atoms with van der Waals surface area (Å²) in [6.45, 7) is 8.97. The molecule has 1 aromatic carbocycles. The number of esters is 1. The highest BCUT2D eigenvalue weighted by Gasteiger charge is 2.22. The first-order chi connectivity index (χ1) is 13.6. The van der Waals surface area contributed by atoms with Gasteiger partial charge in [0.05, 0.1) is 25.4 Å². The Kier molecular flexibility index (Phi) is 7.20. The van der Waals surface area contributed by atoms with Crippen LogP contribution in [0, 0.1) is 12.8 Å². The average molecular weight is 400 g/mol. The van der Waals surface area contributed by atoms with E-state index >= 15 is 0 Å². The van der Waals surface area contributed by atoms with Gasteiger partial charge in [-0.25, -0.2) is 4.98 Å². The molecule has 0 aliphatic carbocycles. The molecule has 7 heteroatoms. The fourth-order valence-electron chi connectivity index (χ4n) is 2.44. The van der Waals surface area contributed by atoms with Gasteiger partial charge in [0.2, 0.25) is 11.8 Å². The molecule has 1 atom stereocenters. The summed E-state index contributed by atoms with van der Waals surface area (Å²) in [5.74, 6) is 0.500. The predicted molar refractivity (Wildman–Crippen MR) is 110 cm³/mol. The van der Waals surface area contributed by atoms with Crippen LogP contribution in [0.1, 0.15) is 39.7 Å². The Morgan fingerprint density at radius 2 is 1.90 bits per heavy atom. The third-order valence-corrected chi connectivity index (χ3v) is 3.95. The number of methoxy groups -OCH3 is 1. The van der Waals surface area contributed by atoms with E-state index in [4.69, 9.17) is 14.2 Å². The Morgan fingerprint density at radius 1 is 1.17 bits per heavy atom. The van der Waals surface area contributed by atoms with Crippen molar-refractivity contribution >= 4 is 17.6 Å². The maximum absolute atomic E-state index is 12.3. The lowest BCUT2D eigenvalue weighted by Gasteiger charge is -2.20. The molecule has 1 amide bonds. The average Bonchev–Trinajstić information content (AvgIpc) is 2.63. The number of nitrogens with one attached hydrogen (secondary N) is 1. The van der Waals surface area contributed by atoms with Crippen LogP contribution in [-0.2, 0) is 14.3 Å². The zero-order valence-corrected chi connectivity index (χ0v) is 17.7. The molecule has 29 heavy (non-hydrogen) atoms. The molecule has 0 saturated carbocycles. The molecule has 0 spiro atoms. The van der Waals surface area contributed by atoms with Gasteiger partial charge in [0.1, 0.15) is 17.1 Å². The zero-order valence-electron chi connectivity index (χ0n) is 17.7. The van der Waals surface area contributed by atoms with E-state index in [1.54, 1.807) is 53.0 Å². The highest BCUT2D eigenvalue weighted by Crippen LogP contribution is 2.28. The van der Waals surface area contributed by atoms with Gasteiger partial charge in [-0.05, 0) is 45.4 Å². The van der Waals surface area contributed by atoms with E-state index in [9.17, 15) is 9.59 Å². The monoisotopic (exact) mass is 400 g/mol. The van der Waals surface area contributed by atoms with Crippen molar-refractivity contribution in [3.8, 4) is 17.4 Å². The molecule has 0 radical (unpaired) electrons. The second kappa shape index (κ2) is 9.41. The smallest absolute Gasteiger partial charge is 0.307 e. The summed E-state index contributed by atoms with van der Waals surface area (Å²) in [5, 5.41) is 2.75. The van der Waals surface area contributed by atoms with E-state index in [1.807, 2.05) is 19.1 Å². The third kappa shape index (κ3) is 7.10. The molecule has 0 aliphatic rings. The Hall–Kier alpha value is -3.09. The van der Waals surface area contributed by atoms with Crippen LogP contribution in [0.3, 0.4) is 0 Å². The maximum atomic E-state index is 12.3. The van der Waals surface area contributed by atoms with Gasteiger partial charge in [0.25, 0.3) is 0 Å². The van der Waals surface area contributed by atoms with Crippen LogP contribution in [0.25, 0.3) is 0 Å². The second-order valence-electron chi connectivity index (χ2n) is 7.80. The third-order valence-electron chi connectivity index (χ3n) is 3.95. The molecular weight excluding hydrogens is 372 g/mol. The van der Waals surface area contributed by atoms with Crippen molar-refractivity contribution in [1.82, 2.24) is 4.98 Å². The molecular formula is C22H28N2O5. The van der Waals surface area contributed by atoms with E-state index in [1.165, 1.54) is 6.20 Å². The van der Waals surface area contributed by atoms with E-state index in [2.05, 4.69) is 10.3 Å².